The largest absolute Gasteiger partial charge is 0.393 e. The molecule has 0 amide bonds. The van der Waals surface area contributed by atoms with Crippen LogP contribution in [0.25, 0.3) is 0 Å². The highest BCUT2D eigenvalue weighted by Crippen LogP contribution is 2.15. The van der Waals surface area contributed by atoms with Gasteiger partial charge in [-0.1, -0.05) is 0 Å². The predicted molar refractivity (Wildman–Crippen MR) is 69.4 cm³/mol. The van der Waals surface area contributed by atoms with Crippen molar-refractivity contribution in [3.05, 3.63) is 0 Å². The Kier molecular flexibility index (Phi) is 6.48. The minimum atomic E-state index is -0.406. The van der Waals surface area contributed by atoms with Crippen molar-refractivity contribution in [3.8, 4) is 0 Å². The summed E-state index contributed by atoms with van der Waals surface area (Å²) in [5.74, 6) is 0.337. The van der Waals surface area contributed by atoms with Crippen LogP contribution in [-0.2, 0) is 0 Å². The molecule has 1 saturated heterocycles. The van der Waals surface area contributed by atoms with Crippen molar-refractivity contribution in [1.82, 2.24) is 15.6 Å². The summed E-state index contributed by atoms with van der Waals surface area (Å²) in [6.45, 7) is 7.95. The van der Waals surface area contributed by atoms with E-state index >= 15 is 0 Å². The molecule has 3 atom stereocenters. The Balaban J connectivity index is 2.54. The van der Waals surface area contributed by atoms with Crippen LogP contribution in [0.4, 0.5) is 0 Å². The zero-order chi connectivity index (χ0) is 13.7. The molecule has 0 aromatic heterocycles. The molecule has 0 bridgehead atoms. The average molecular weight is 261 g/mol. The molecule has 0 aromatic carbocycles. The Morgan fingerprint density at radius 3 is 1.72 bits per heavy atom. The maximum Gasteiger partial charge on any atom is 0.0653 e. The second-order valence-corrected chi connectivity index (χ2v) is 5.56. The minimum Gasteiger partial charge on any atom is -0.393 e. The monoisotopic (exact) mass is 261 g/mol. The molecule has 6 nitrogen and oxygen atoms in total. The Labute approximate surface area is 109 Å². The smallest absolute Gasteiger partial charge is 0.0653 e. The summed E-state index contributed by atoms with van der Waals surface area (Å²) >= 11 is 0. The van der Waals surface area contributed by atoms with E-state index in [9.17, 15) is 15.3 Å². The SMILES string of the molecule is CC(O)CC1CN(CC(C)O)NN(CC(C)O)C1. The summed E-state index contributed by atoms with van der Waals surface area (Å²) < 4.78 is 0. The zero-order valence-corrected chi connectivity index (χ0v) is 11.6. The van der Waals surface area contributed by atoms with Crippen molar-refractivity contribution < 1.29 is 15.3 Å². The van der Waals surface area contributed by atoms with Crippen molar-refractivity contribution in [2.75, 3.05) is 26.2 Å². The van der Waals surface area contributed by atoms with Gasteiger partial charge in [-0.3, -0.25) is 0 Å². The third-order valence-corrected chi connectivity index (χ3v) is 2.88. The first-order chi connectivity index (χ1) is 8.36. The van der Waals surface area contributed by atoms with Crippen LogP contribution in [0.1, 0.15) is 27.2 Å². The van der Waals surface area contributed by atoms with Crippen LogP contribution in [0.2, 0.25) is 0 Å². The van der Waals surface area contributed by atoms with Gasteiger partial charge in [0.05, 0.1) is 18.3 Å². The minimum absolute atomic E-state index is 0.324. The quantitative estimate of drug-likeness (QED) is 0.500. The van der Waals surface area contributed by atoms with Crippen LogP contribution in [0.3, 0.4) is 0 Å². The van der Waals surface area contributed by atoms with E-state index in [1.165, 1.54) is 0 Å². The Bertz CT molecular complexity index is 193. The molecule has 108 valence electrons. The van der Waals surface area contributed by atoms with E-state index in [0.717, 1.165) is 19.5 Å². The third-order valence-electron chi connectivity index (χ3n) is 2.88. The second-order valence-electron chi connectivity index (χ2n) is 5.56. The summed E-state index contributed by atoms with van der Waals surface area (Å²) in [7, 11) is 0. The molecular weight excluding hydrogens is 234 g/mol. The van der Waals surface area contributed by atoms with Crippen LogP contribution in [-0.4, -0.2) is 69.8 Å². The van der Waals surface area contributed by atoms with E-state index < -0.39 is 12.2 Å². The van der Waals surface area contributed by atoms with Crippen LogP contribution in [0, 0.1) is 5.92 Å². The number of nitrogens with zero attached hydrogens (tertiary/aromatic N) is 2. The topological polar surface area (TPSA) is 79.2 Å². The molecule has 0 spiro atoms. The summed E-state index contributed by atoms with van der Waals surface area (Å²) in [6.07, 6.45) is -0.406. The summed E-state index contributed by atoms with van der Waals surface area (Å²) in [4.78, 5) is 0. The van der Waals surface area contributed by atoms with Gasteiger partial charge < -0.3 is 15.3 Å². The zero-order valence-electron chi connectivity index (χ0n) is 11.6. The molecule has 1 aliphatic rings. The number of β-amino-alcohol motifs (C(OH)–C–C–N with tert-alkyl or cyclic N) is 2. The maximum absolute atomic E-state index is 9.48. The molecule has 3 unspecified atom stereocenters. The molecular formula is C12H27N3O3. The molecule has 1 aliphatic heterocycles. The fourth-order valence-electron chi connectivity index (χ4n) is 2.46. The number of rotatable bonds is 6. The highest BCUT2D eigenvalue weighted by molar-refractivity contribution is 4.75. The van der Waals surface area contributed by atoms with Gasteiger partial charge >= 0.3 is 0 Å². The van der Waals surface area contributed by atoms with Gasteiger partial charge in [0.1, 0.15) is 0 Å². The fraction of sp³-hybridized carbons (Fsp3) is 1.00. The first kappa shape index (κ1) is 15.8. The molecule has 1 fully saturated rings. The summed E-state index contributed by atoms with van der Waals surface area (Å²) in [6, 6.07) is 0. The number of hydrogen-bond acceptors (Lipinski definition) is 6. The Morgan fingerprint density at radius 1 is 0.944 bits per heavy atom. The highest BCUT2D eigenvalue weighted by Gasteiger charge is 2.27. The standard InChI is InChI=1S/C12H27N3O3/c1-9(16)4-12-7-14(5-10(2)17)13-15(8-12)6-11(3)18/h9-13,16-18H,4-8H2,1-3H3. The molecule has 0 saturated carbocycles. The van der Waals surface area contributed by atoms with Gasteiger partial charge in [0, 0.05) is 26.2 Å². The number of hydrazine groups is 2. The first-order valence-corrected chi connectivity index (χ1v) is 6.67. The van der Waals surface area contributed by atoms with Gasteiger partial charge in [-0.05, 0) is 33.1 Å². The molecule has 18 heavy (non-hydrogen) atoms. The first-order valence-electron chi connectivity index (χ1n) is 6.67. The van der Waals surface area contributed by atoms with Crippen molar-refractivity contribution in [2.24, 2.45) is 5.92 Å². The van der Waals surface area contributed by atoms with Gasteiger partial charge in [-0.15, -0.1) is 0 Å². The van der Waals surface area contributed by atoms with Crippen molar-refractivity contribution in [2.45, 2.75) is 45.5 Å². The Morgan fingerprint density at radius 2 is 1.39 bits per heavy atom. The maximum atomic E-state index is 9.48. The summed E-state index contributed by atoms with van der Waals surface area (Å²) in [5, 5.41) is 32.3. The van der Waals surface area contributed by atoms with Crippen LogP contribution >= 0.6 is 0 Å². The van der Waals surface area contributed by atoms with Gasteiger partial charge in [0.25, 0.3) is 0 Å². The molecule has 0 aliphatic carbocycles. The lowest BCUT2D eigenvalue weighted by atomic mass is 10.0. The number of hydrogen-bond donors (Lipinski definition) is 4. The fourth-order valence-corrected chi connectivity index (χ4v) is 2.46. The normalized spacial score (nSPS) is 28.0. The van der Waals surface area contributed by atoms with Gasteiger partial charge in [-0.25, -0.2) is 10.0 Å². The van der Waals surface area contributed by atoms with E-state index in [1.807, 2.05) is 10.0 Å². The molecule has 0 aromatic rings. The molecule has 1 heterocycles. The number of aliphatic hydroxyl groups excluding tert-OH is 3. The van der Waals surface area contributed by atoms with Crippen LogP contribution < -0.4 is 5.53 Å². The van der Waals surface area contributed by atoms with Crippen LogP contribution in [0.5, 0.6) is 0 Å². The lowest BCUT2D eigenvalue weighted by Gasteiger charge is -2.42. The molecule has 6 heteroatoms. The van der Waals surface area contributed by atoms with E-state index in [4.69, 9.17) is 0 Å². The molecule has 1 rings (SSSR count). The second kappa shape index (κ2) is 7.37. The lowest BCUT2D eigenvalue weighted by Crippen LogP contribution is -2.61. The van der Waals surface area contributed by atoms with Crippen molar-refractivity contribution in [1.29, 1.82) is 0 Å². The molecule has 0 radical (unpaired) electrons. The number of nitrogens with one attached hydrogen (secondary N) is 1. The van der Waals surface area contributed by atoms with E-state index in [0.29, 0.717) is 19.0 Å². The van der Waals surface area contributed by atoms with Gasteiger partial charge in [0.2, 0.25) is 0 Å². The van der Waals surface area contributed by atoms with Gasteiger partial charge in [-0.2, -0.15) is 5.53 Å². The Hall–Kier alpha value is -0.240. The summed E-state index contributed by atoms with van der Waals surface area (Å²) in [5.41, 5.74) is 3.18. The van der Waals surface area contributed by atoms with E-state index in [-0.39, 0.29) is 6.10 Å². The van der Waals surface area contributed by atoms with Crippen molar-refractivity contribution in [3.63, 3.8) is 0 Å². The highest BCUT2D eigenvalue weighted by atomic mass is 16.3. The van der Waals surface area contributed by atoms with Gasteiger partial charge in [0.15, 0.2) is 0 Å². The average Bonchev–Trinajstić information content (AvgIpc) is 2.12. The van der Waals surface area contributed by atoms with E-state index in [1.54, 1.807) is 20.8 Å². The van der Waals surface area contributed by atoms with E-state index in [2.05, 4.69) is 5.53 Å². The van der Waals surface area contributed by atoms with Crippen LogP contribution in [0.15, 0.2) is 0 Å². The lowest BCUT2D eigenvalue weighted by molar-refractivity contribution is -0.0793. The number of aliphatic hydroxyl groups is 3. The third kappa shape index (κ3) is 6.08. The predicted octanol–water partition coefficient (Wildman–Crippen LogP) is -0.828. The van der Waals surface area contributed by atoms with Crippen molar-refractivity contribution >= 4 is 0 Å². The molecule has 4 N–H and O–H groups in total.